The summed E-state index contributed by atoms with van der Waals surface area (Å²) in [5, 5.41) is 17.0. The van der Waals surface area contributed by atoms with Gasteiger partial charge in [-0.05, 0) is 6.07 Å². The number of hydrogen-bond acceptors (Lipinski definition) is 4. The Kier molecular flexibility index (Phi) is 7.21. The van der Waals surface area contributed by atoms with Crippen molar-refractivity contribution in [1.29, 1.82) is 0 Å². The van der Waals surface area contributed by atoms with E-state index in [-0.39, 0.29) is 0 Å². The molecule has 2 aromatic rings. The molecule has 0 spiro atoms. The first-order valence-electron chi connectivity index (χ1n) is 6.46. The van der Waals surface area contributed by atoms with Crippen molar-refractivity contribution in [3.63, 3.8) is 0 Å². The third-order valence-electron chi connectivity index (χ3n) is 2.60. The summed E-state index contributed by atoms with van der Waals surface area (Å²) in [4.78, 5) is 20.4. The van der Waals surface area contributed by atoms with E-state index in [2.05, 4.69) is 42.1 Å². The second-order valence-corrected chi connectivity index (χ2v) is 5.41. The topological polar surface area (TPSA) is 106 Å². The summed E-state index contributed by atoms with van der Waals surface area (Å²) < 4.78 is 2.16. The molecule has 0 aliphatic carbocycles. The lowest BCUT2D eigenvalue weighted by Crippen LogP contribution is -2.00. The monoisotopic (exact) mass is 322 g/mol. The third-order valence-corrected chi connectivity index (χ3v) is 3.68. The van der Waals surface area contributed by atoms with Crippen LogP contribution in [0.5, 0.6) is 0 Å². The fourth-order valence-electron chi connectivity index (χ4n) is 1.73. The fraction of sp³-hybridized carbons (Fsp3) is 0.200. The van der Waals surface area contributed by atoms with Crippen LogP contribution in [0.3, 0.4) is 0 Å². The summed E-state index contributed by atoms with van der Waals surface area (Å²) in [6.07, 6.45) is 3.29. The van der Waals surface area contributed by atoms with E-state index in [4.69, 9.17) is 15.9 Å². The highest BCUT2D eigenvalue weighted by atomic mass is 32.2. The van der Waals surface area contributed by atoms with Crippen LogP contribution in [-0.2, 0) is 16.6 Å². The van der Waals surface area contributed by atoms with Crippen molar-refractivity contribution in [3.8, 4) is 0 Å². The SMILES string of the molecule is Cn1cc(SCCN)c2ccccc21.O=C(O)/C=C/C(=O)O. The Morgan fingerprint density at radius 3 is 2.36 bits per heavy atom. The zero-order valence-corrected chi connectivity index (χ0v) is 12.9. The van der Waals surface area contributed by atoms with Gasteiger partial charge in [0.2, 0.25) is 0 Å². The van der Waals surface area contributed by atoms with E-state index in [1.165, 1.54) is 15.8 Å². The number of carboxylic acids is 2. The molecule has 6 nitrogen and oxygen atoms in total. The summed E-state index contributed by atoms with van der Waals surface area (Å²) >= 11 is 1.82. The van der Waals surface area contributed by atoms with Crippen molar-refractivity contribution < 1.29 is 19.8 Å². The Morgan fingerprint density at radius 1 is 1.23 bits per heavy atom. The van der Waals surface area contributed by atoms with Crippen LogP contribution in [0.1, 0.15) is 0 Å². The van der Waals surface area contributed by atoms with E-state index in [1.54, 1.807) is 0 Å². The van der Waals surface area contributed by atoms with Gasteiger partial charge in [0, 0.05) is 53.5 Å². The molecule has 0 aliphatic rings. The van der Waals surface area contributed by atoms with Crippen molar-refractivity contribution >= 4 is 34.6 Å². The van der Waals surface area contributed by atoms with E-state index >= 15 is 0 Å². The minimum Gasteiger partial charge on any atom is -0.478 e. The molecule has 1 heterocycles. The summed E-state index contributed by atoms with van der Waals surface area (Å²) in [5.74, 6) is -1.53. The number of rotatable bonds is 5. The average Bonchev–Trinajstić information content (AvgIpc) is 2.81. The molecule has 1 aromatic heterocycles. The van der Waals surface area contributed by atoms with Crippen LogP contribution < -0.4 is 5.73 Å². The third kappa shape index (κ3) is 5.63. The van der Waals surface area contributed by atoms with Gasteiger partial charge >= 0.3 is 11.9 Å². The van der Waals surface area contributed by atoms with Crippen LogP contribution in [0.15, 0.2) is 47.5 Å². The molecule has 2 rings (SSSR count). The van der Waals surface area contributed by atoms with E-state index in [0.29, 0.717) is 12.2 Å². The maximum Gasteiger partial charge on any atom is 0.328 e. The second kappa shape index (κ2) is 8.91. The Bertz CT molecular complexity index is 663. The predicted octanol–water partition coefficient (Wildman–Crippen LogP) is 1.94. The molecule has 0 saturated heterocycles. The Hall–Kier alpha value is -2.25. The smallest absolute Gasteiger partial charge is 0.328 e. The molecule has 4 N–H and O–H groups in total. The number of aliphatic carboxylic acids is 2. The van der Waals surface area contributed by atoms with Gasteiger partial charge in [0.05, 0.1) is 0 Å². The van der Waals surface area contributed by atoms with Crippen molar-refractivity contribution in [2.75, 3.05) is 12.3 Å². The van der Waals surface area contributed by atoms with Gasteiger partial charge in [-0.3, -0.25) is 0 Å². The molecule has 0 amide bonds. The Morgan fingerprint density at radius 2 is 1.82 bits per heavy atom. The van der Waals surface area contributed by atoms with E-state index in [1.807, 2.05) is 11.8 Å². The second-order valence-electron chi connectivity index (χ2n) is 4.27. The lowest BCUT2D eigenvalue weighted by molar-refractivity contribution is -0.134. The highest BCUT2D eigenvalue weighted by Gasteiger charge is 2.04. The largest absolute Gasteiger partial charge is 0.478 e. The predicted molar refractivity (Wildman–Crippen MR) is 87.1 cm³/mol. The quantitative estimate of drug-likeness (QED) is 0.574. The maximum atomic E-state index is 9.55. The minimum absolute atomic E-state index is 0.558. The number of aromatic nitrogens is 1. The Balaban J connectivity index is 0.000000261. The van der Waals surface area contributed by atoms with Gasteiger partial charge in [-0.25, -0.2) is 9.59 Å². The summed E-state index contributed by atoms with van der Waals surface area (Å²) in [6, 6.07) is 8.45. The number of nitrogens with zero attached hydrogens (tertiary/aromatic N) is 1. The summed E-state index contributed by atoms with van der Waals surface area (Å²) in [5.41, 5.74) is 6.78. The molecule has 1 aromatic carbocycles. The van der Waals surface area contributed by atoms with Crippen LogP contribution in [0.25, 0.3) is 10.9 Å². The van der Waals surface area contributed by atoms with Crippen LogP contribution >= 0.6 is 11.8 Å². The number of hydrogen-bond donors (Lipinski definition) is 3. The first-order chi connectivity index (χ1) is 10.5. The first kappa shape index (κ1) is 17.8. The zero-order chi connectivity index (χ0) is 16.5. The lowest BCUT2D eigenvalue weighted by Gasteiger charge is -1.95. The molecule has 0 unspecified atom stereocenters. The van der Waals surface area contributed by atoms with Crippen LogP contribution in [0, 0.1) is 0 Å². The van der Waals surface area contributed by atoms with Crippen LogP contribution in [-0.4, -0.2) is 39.0 Å². The molecule has 0 aliphatic heterocycles. The molecule has 0 saturated carbocycles. The molecule has 0 bridgehead atoms. The zero-order valence-electron chi connectivity index (χ0n) is 12.1. The highest BCUT2D eigenvalue weighted by molar-refractivity contribution is 7.99. The van der Waals surface area contributed by atoms with Crippen LogP contribution in [0.4, 0.5) is 0 Å². The lowest BCUT2D eigenvalue weighted by atomic mass is 10.2. The van der Waals surface area contributed by atoms with E-state index in [0.717, 1.165) is 12.3 Å². The molecular weight excluding hydrogens is 304 g/mol. The average molecular weight is 322 g/mol. The number of carbonyl (C=O) groups is 2. The number of benzene rings is 1. The standard InChI is InChI=1S/C11H14N2S.C4H4O4/c1-13-8-11(14-7-6-12)9-4-2-3-5-10(9)13;5-3(6)1-2-4(7)8/h2-5,8H,6-7,12H2,1H3;1-2H,(H,5,6)(H,7,8)/b;2-1+. The van der Waals surface area contributed by atoms with Gasteiger partial charge in [0.15, 0.2) is 0 Å². The summed E-state index contributed by atoms with van der Waals surface area (Å²) in [7, 11) is 2.08. The summed E-state index contributed by atoms with van der Waals surface area (Å²) in [6.45, 7) is 0.730. The van der Waals surface area contributed by atoms with Gasteiger partial charge in [-0.2, -0.15) is 0 Å². The number of thioether (sulfide) groups is 1. The number of aryl methyl sites for hydroxylation is 1. The molecule has 0 fully saturated rings. The molecule has 0 atom stereocenters. The molecular formula is C15H18N2O4S. The molecule has 118 valence electrons. The minimum atomic E-state index is -1.26. The maximum absolute atomic E-state index is 9.55. The van der Waals surface area contributed by atoms with Crippen molar-refractivity contribution in [1.82, 2.24) is 4.57 Å². The molecule has 7 heteroatoms. The van der Waals surface area contributed by atoms with Crippen molar-refractivity contribution in [3.05, 3.63) is 42.6 Å². The van der Waals surface area contributed by atoms with Gasteiger partial charge in [0.1, 0.15) is 0 Å². The number of fused-ring (bicyclic) bond motifs is 1. The van der Waals surface area contributed by atoms with E-state index in [9.17, 15) is 9.59 Å². The molecule has 0 radical (unpaired) electrons. The van der Waals surface area contributed by atoms with Crippen molar-refractivity contribution in [2.45, 2.75) is 4.90 Å². The highest BCUT2D eigenvalue weighted by Crippen LogP contribution is 2.28. The van der Waals surface area contributed by atoms with Gasteiger partial charge in [0.25, 0.3) is 0 Å². The first-order valence-corrected chi connectivity index (χ1v) is 7.45. The van der Waals surface area contributed by atoms with Gasteiger partial charge < -0.3 is 20.5 Å². The van der Waals surface area contributed by atoms with Crippen molar-refractivity contribution in [2.24, 2.45) is 12.8 Å². The fourth-order valence-corrected chi connectivity index (χ4v) is 2.63. The number of nitrogens with two attached hydrogens (primary N) is 1. The molecule has 22 heavy (non-hydrogen) atoms. The Labute approximate surface area is 132 Å². The van der Waals surface area contributed by atoms with Gasteiger partial charge in [-0.1, -0.05) is 18.2 Å². The number of carboxylic acid groups (broad SMARTS) is 2. The van der Waals surface area contributed by atoms with Crippen LogP contribution in [0.2, 0.25) is 0 Å². The van der Waals surface area contributed by atoms with Gasteiger partial charge in [-0.15, -0.1) is 11.8 Å². The number of para-hydroxylation sites is 1. The van der Waals surface area contributed by atoms with E-state index < -0.39 is 11.9 Å². The normalized spacial score (nSPS) is 10.5.